The third-order valence-corrected chi connectivity index (χ3v) is 5.66. The first-order valence-electron chi connectivity index (χ1n) is 10.7. The molecule has 1 aliphatic rings. The summed E-state index contributed by atoms with van der Waals surface area (Å²) in [5.74, 6) is 0.755. The summed E-state index contributed by atoms with van der Waals surface area (Å²) in [6.45, 7) is 0.424. The van der Waals surface area contributed by atoms with Crippen LogP contribution in [0.25, 0.3) is 0 Å². The summed E-state index contributed by atoms with van der Waals surface area (Å²) >= 11 is 0. The summed E-state index contributed by atoms with van der Waals surface area (Å²) in [5.41, 5.74) is 3.38. The molecule has 3 aromatic rings. The first kappa shape index (κ1) is 22.2. The lowest BCUT2D eigenvalue weighted by Crippen LogP contribution is -2.50. The fraction of sp³-hybridized carbons (Fsp3) is 0.231. The van der Waals surface area contributed by atoms with Crippen molar-refractivity contribution in [1.29, 1.82) is 0 Å². The molecule has 2 amide bonds. The van der Waals surface area contributed by atoms with Gasteiger partial charge in [-0.2, -0.15) is 0 Å². The third-order valence-electron chi connectivity index (χ3n) is 5.66. The van der Waals surface area contributed by atoms with E-state index >= 15 is 0 Å². The summed E-state index contributed by atoms with van der Waals surface area (Å²) in [6, 6.07) is 21.7. The molecule has 0 aliphatic carbocycles. The molecule has 0 saturated heterocycles. The van der Waals surface area contributed by atoms with Gasteiger partial charge in [-0.15, -0.1) is 0 Å². The minimum atomic E-state index is -0.737. The van der Waals surface area contributed by atoms with Crippen LogP contribution in [0.1, 0.15) is 16.7 Å². The van der Waals surface area contributed by atoms with Crippen LogP contribution in [0.2, 0.25) is 0 Å². The zero-order valence-corrected chi connectivity index (χ0v) is 18.6. The summed E-state index contributed by atoms with van der Waals surface area (Å²) in [7, 11) is 3.08. The van der Waals surface area contributed by atoms with Gasteiger partial charge in [-0.25, -0.2) is 4.79 Å². The topological polar surface area (TPSA) is 77.1 Å². The fourth-order valence-electron chi connectivity index (χ4n) is 3.88. The predicted molar refractivity (Wildman–Crippen MR) is 124 cm³/mol. The van der Waals surface area contributed by atoms with Crippen molar-refractivity contribution >= 4 is 17.7 Å². The van der Waals surface area contributed by atoms with Crippen LogP contribution in [-0.4, -0.2) is 37.2 Å². The summed E-state index contributed by atoms with van der Waals surface area (Å²) < 4.78 is 16.2. The predicted octanol–water partition coefficient (Wildman–Crippen LogP) is 4.41. The van der Waals surface area contributed by atoms with Gasteiger partial charge < -0.3 is 19.5 Å². The van der Waals surface area contributed by atoms with Gasteiger partial charge in [0, 0.05) is 12.5 Å². The van der Waals surface area contributed by atoms with E-state index in [1.165, 1.54) is 12.0 Å². The zero-order valence-electron chi connectivity index (χ0n) is 18.6. The molecule has 7 heteroatoms. The standard InChI is InChI=1S/C26H26N2O5/c1-31-21-12-13-24(32-2)22(15-21)27-25(29)23-14-19-10-6-7-11-20(19)16-28(23)26(30)33-17-18-8-4-3-5-9-18/h3-13,15,23H,14,16-17H2,1-2H3,(H,27,29)/t23-/m1/s1. The second-order valence-corrected chi connectivity index (χ2v) is 7.71. The van der Waals surface area contributed by atoms with Crippen molar-refractivity contribution in [3.8, 4) is 11.5 Å². The van der Waals surface area contributed by atoms with Gasteiger partial charge in [0.25, 0.3) is 0 Å². The Balaban J connectivity index is 1.56. The van der Waals surface area contributed by atoms with Gasteiger partial charge in [0.1, 0.15) is 24.1 Å². The average Bonchev–Trinajstić information content (AvgIpc) is 2.87. The molecule has 1 heterocycles. The molecule has 1 atom stereocenters. The SMILES string of the molecule is COc1ccc(OC)c(NC(=O)[C@H]2Cc3ccccc3CN2C(=O)OCc2ccccc2)c1. The second-order valence-electron chi connectivity index (χ2n) is 7.71. The van der Waals surface area contributed by atoms with Gasteiger partial charge in [-0.1, -0.05) is 54.6 Å². The Morgan fingerprint density at radius 1 is 0.939 bits per heavy atom. The van der Waals surface area contributed by atoms with Crippen molar-refractivity contribution in [3.63, 3.8) is 0 Å². The van der Waals surface area contributed by atoms with E-state index < -0.39 is 12.1 Å². The smallest absolute Gasteiger partial charge is 0.411 e. The number of hydrogen-bond donors (Lipinski definition) is 1. The first-order chi connectivity index (χ1) is 16.1. The Kier molecular flexibility index (Phi) is 6.78. The summed E-state index contributed by atoms with van der Waals surface area (Å²) in [6.07, 6.45) is -0.152. The van der Waals surface area contributed by atoms with E-state index in [0.29, 0.717) is 23.6 Å². The molecule has 1 N–H and O–H groups in total. The molecule has 7 nitrogen and oxygen atoms in total. The normalized spacial score (nSPS) is 14.7. The molecule has 33 heavy (non-hydrogen) atoms. The minimum absolute atomic E-state index is 0.135. The number of nitrogens with zero attached hydrogens (tertiary/aromatic N) is 1. The van der Waals surface area contributed by atoms with Crippen molar-refractivity contribution in [2.75, 3.05) is 19.5 Å². The highest BCUT2D eigenvalue weighted by molar-refractivity contribution is 5.98. The van der Waals surface area contributed by atoms with Crippen molar-refractivity contribution in [1.82, 2.24) is 4.90 Å². The molecule has 0 aromatic heterocycles. The van der Waals surface area contributed by atoms with Crippen LogP contribution in [0.3, 0.4) is 0 Å². The van der Waals surface area contributed by atoms with E-state index in [2.05, 4.69) is 5.32 Å². The van der Waals surface area contributed by atoms with E-state index in [0.717, 1.165) is 16.7 Å². The largest absolute Gasteiger partial charge is 0.497 e. The van der Waals surface area contributed by atoms with Gasteiger partial charge >= 0.3 is 6.09 Å². The van der Waals surface area contributed by atoms with Crippen LogP contribution < -0.4 is 14.8 Å². The Hall–Kier alpha value is -4.00. The number of benzene rings is 3. The Morgan fingerprint density at radius 3 is 2.39 bits per heavy atom. The van der Waals surface area contributed by atoms with Crippen molar-refractivity contribution in [3.05, 3.63) is 89.5 Å². The molecular weight excluding hydrogens is 420 g/mol. The second kappa shape index (κ2) is 10.1. The molecule has 0 saturated carbocycles. The van der Waals surface area contributed by atoms with E-state index in [9.17, 15) is 9.59 Å². The minimum Gasteiger partial charge on any atom is -0.497 e. The third kappa shape index (κ3) is 5.09. The molecule has 170 valence electrons. The number of rotatable bonds is 6. The van der Waals surface area contributed by atoms with Crippen LogP contribution in [0.4, 0.5) is 10.5 Å². The highest BCUT2D eigenvalue weighted by Crippen LogP contribution is 2.31. The van der Waals surface area contributed by atoms with Crippen LogP contribution in [-0.2, 0) is 29.1 Å². The number of methoxy groups -OCH3 is 2. The quantitative estimate of drug-likeness (QED) is 0.607. The lowest BCUT2D eigenvalue weighted by molar-refractivity contribution is -0.121. The van der Waals surface area contributed by atoms with Gasteiger partial charge in [0.15, 0.2) is 0 Å². The summed E-state index contributed by atoms with van der Waals surface area (Å²) in [4.78, 5) is 27.9. The maximum atomic E-state index is 13.4. The highest BCUT2D eigenvalue weighted by Gasteiger charge is 2.36. The zero-order chi connectivity index (χ0) is 23.2. The van der Waals surface area contributed by atoms with E-state index in [1.807, 2.05) is 54.6 Å². The average molecular weight is 447 g/mol. The lowest BCUT2D eigenvalue weighted by Gasteiger charge is -2.35. The maximum absolute atomic E-state index is 13.4. The van der Waals surface area contributed by atoms with Gasteiger partial charge in [0.2, 0.25) is 5.91 Å². The molecule has 0 unspecified atom stereocenters. The van der Waals surface area contributed by atoms with Gasteiger partial charge in [-0.3, -0.25) is 9.69 Å². The van der Waals surface area contributed by atoms with E-state index in [1.54, 1.807) is 25.3 Å². The summed E-state index contributed by atoms with van der Waals surface area (Å²) in [5, 5.41) is 2.90. The van der Waals surface area contributed by atoms with Crippen molar-refractivity contribution in [2.45, 2.75) is 25.6 Å². The number of ether oxygens (including phenoxy) is 3. The van der Waals surface area contributed by atoms with Crippen molar-refractivity contribution in [2.24, 2.45) is 0 Å². The lowest BCUT2D eigenvalue weighted by atomic mass is 9.93. The number of carbonyl (C=O) groups excluding carboxylic acids is 2. The monoisotopic (exact) mass is 446 g/mol. The Bertz CT molecular complexity index is 1130. The molecule has 0 spiro atoms. The highest BCUT2D eigenvalue weighted by atomic mass is 16.6. The van der Waals surface area contributed by atoms with Crippen LogP contribution >= 0.6 is 0 Å². The molecule has 0 bridgehead atoms. The number of amides is 2. The van der Waals surface area contributed by atoms with E-state index in [-0.39, 0.29) is 19.1 Å². The molecule has 1 aliphatic heterocycles. The molecular formula is C26H26N2O5. The molecule has 0 radical (unpaired) electrons. The van der Waals surface area contributed by atoms with Gasteiger partial charge in [-0.05, 0) is 28.8 Å². The first-order valence-corrected chi connectivity index (χ1v) is 10.7. The number of hydrogen-bond acceptors (Lipinski definition) is 5. The fourth-order valence-corrected chi connectivity index (χ4v) is 3.88. The molecule has 0 fully saturated rings. The molecule has 3 aromatic carbocycles. The maximum Gasteiger partial charge on any atom is 0.411 e. The van der Waals surface area contributed by atoms with Gasteiger partial charge in [0.05, 0.1) is 26.5 Å². The van der Waals surface area contributed by atoms with E-state index in [4.69, 9.17) is 14.2 Å². The number of carbonyl (C=O) groups is 2. The van der Waals surface area contributed by atoms with Crippen LogP contribution in [0.5, 0.6) is 11.5 Å². The number of nitrogens with one attached hydrogen (secondary N) is 1. The number of anilines is 1. The van der Waals surface area contributed by atoms with Crippen molar-refractivity contribution < 1.29 is 23.8 Å². The molecule has 4 rings (SSSR count). The number of fused-ring (bicyclic) bond motifs is 1. The van der Waals surface area contributed by atoms with Crippen LogP contribution in [0.15, 0.2) is 72.8 Å². The Labute approximate surface area is 192 Å². The van der Waals surface area contributed by atoms with Crippen LogP contribution in [0, 0.1) is 0 Å². The Morgan fingerprint density at radius 2 is 1.67 bits per heavy atom.